The number of benzene rings is 1. The van der Waals surface area contributed by atoms with Crippen LogP contribution in [0, 0.1) is 5.41 Å². The summed E-state index contributed by atoms with van der Waals surface area (Å²) in [7, 11) is 0. The van der Waals surface area contributed by atoms with Gasteiger partial charge in [-0.3, -0.25) is 0 Å². The van der Waals surface area contributed by atoms with Gasteiger partial charge < -0.3 is 10.4 Å². The maximum absolute atomic E-state index is 9.68. The molecule has 0 radical (unpaired) electrons. The molecular formula is C16H19BrN2O. The van der Waals surface area contributed by atoms with E-state index in [1.54, 1.807) is 0 Å². The SMILES string of the molecule is OCC1(CNc2nccc3c(Br)cccc23)CCCC1. The van der Waals surface area contributed by atoms with Crippen molar-refractivity contribution in [2.75, 3.05) is 18.5 Å². The molecule has 1 aromatic heterocycles. The van der Waals surface area contributed by atoms with Crippen molar-refractivity contribution >= 4 is 32.5 Å². The Hall–Kier alpha value is -1.13. The predicted octanol–water partition coefficient (Wildman–Crippen LogP) is 3.96. The lowest BCUT2D eigenvalue weighted by atomic mass is 9.87. The molecule has 0 bridgehead atoms. The number of fused-ring (bicyclic) bond motifs is 1. The summed E-state index contributed by atoms with van der Waals surface area (Å²) in [5.41, 5.74) is 0.0376. The fourth-order valence-electron chi connectivity index (χ4n) is 3.10. The zero-order valence-corrected chi connectivity index (χ0v) is 13.0. The van der Waals surface area contributed by atoms with Crippen LogP contribution in [0.4, 0.5) is 5.82 Å². The smallest absolute Gasteiger partial charge is 0.133 e. The molecule has 0 unspecified atom stereocenters. The molecule has 0 spiro atoms. The Morgan fingerprint density at radius 1 is 1.20 bits per heavy atom. The van der Waals surface area contributed by atoms with Crippen molar-refractivity contribution in [3.63, 3.8) is 0 Å². The van der Waals surface area contributed by atoms with Crippen LogP contribution < -0.4 is 5.32 Å². The Bertz CT molecular complexity index is 608. The lowest BCUT2D eigenvalue weighted by molar-refractivity contribution is 0.142. The monoisotopic (exact) mass is 334 g/mol. The van der Waals surface area contributed by atoms with Crippen LogP contribution in [0.5, 0.6) is 0 Å². The lowest BCUT2D eigenvalue weighted by Crippen LogP contribution is -2.30. The number of nitrogens with zero attached hydrogens (tertiary/aromatic N) is 1. The molecule has 1 aliphatic rings. The first-order chi connectivity index (χ1) is 9.74. The Kier molecular flexibility index (Phi) is 3.94. The Morgan fingerprint density at radius 2 is 2.00 bits per heavy atom. The van der Waals surface area contributed by atoms with E-state index < -0.39 is 0 Å². The van der Waals surface area contributed by atoms with Crippen molar-refractivity contribution in [2.45, 2.75) is 25.7 Å². The summed E-state index contributed by atoms with van der Waals surface area (Å²) in [5, 5.41) is 15.4. The number of anilines is 1. The molecule has 1 aromatic carbocycles. The second kappa shape index (κ2) is 5.70. The fraction of sp³-hybridized carbons (Fsp3) is 0.438. The second-order valence-corrected chi connectivity index (χ2v) is 6.57. The van der Waals surface area contributed by atoms with Crippen LogP contribution in [-0.4, -0.2) is 23.2 Å². The van der Waals surface area contributed by atoms with Gasteiger partial charge in [0.1, 0.15) is 5.82 Å². The van der Waals surface area contributed by atoms with Gasteiger partial charge in [0.05, 0.1) is 6.61 Å². The minimum absolute atomic E-state index is 0.0376. The molecule has 3 nitrogen and oxygen atoms in total. The van der Waals surface area contributed by atoms with Crippen molar-refractivity contribution in [2.24, 2.45) is 5.41 Å². The van der Waals surface area contributed by atoms with Crippen LogP contribution in [-0.2, 0) is 0 Å². The molecule has 0 atom stereocenters. The zero-order valence-electron chi connectivity index (χ0n) is 11.4. The number of pyridine rings is 1. The molecule has 1 fully saturated rings. The number of aliphatic hydroxyl groups is 1. The summed E-state index contributed by atoms with van der Waals surface area (Å²) in [6, 6.07) is 8.16. The molecule has 4 heteroatoms. The zero-order chi connectivity index (χ0) is 14.0. The summed E-state index contributed by atoms with van der Waals surface area (Å²) < 4.78 is 1.08. The minimum Gasteiger partial charge on any atom is -0.396 e. The van der Waals surface area contributed by atoms with Crippen molar-refractivity contribution < 1.29 is 5.11 Å². The molecule has 0 amide bonds. The molecular weight excluding hydrogens is 316 g/mol. The van der Waals surface area contributed by atoms with Gasteiger partial charge in [0.15, 0.2) is 0 Å². The topological polar surface area (TPSA) is 45.1 Å². The minimum atomic E-state index is 0.0376. The normalized spacial score (nSPS) is 17.5. The third kappa shape index (κ3) is 2.54. The highest BCUT2D eigenvalue weighted by Gasteiger charge is 2.33. The van der Waals surface area contributed by atoms with Gasteiger partial charge in [-0.05, 0) is 25.0 Å². The van der Waals surface area contributed by atoms with Crippen molar-refractivity contribution in [1.29, 1.82) is 0 Å². The summed E-state index contributed by atoms with van der Waals surface area (Å²) in [6.45, 7) is 1.05. The highest BCUT2D eigenvalue weighted by atomic mass is 79.9. The molecule has 2 aromatic rings. The first kappa shape index (κ1) is 13.8. The predicted molar refractivity (Wildman–Crippen MR) is 85.9 cm³/mol. The van der Waals surface area contributed by atoms with E-state index in [4.69, 9.17) is 0 Å². The summed E-state index contributed by atoms with van der Waals surface area (Å²) in [6.07, 6.45) is 6.47. The Labute approximate surface area is 127 Å². The molecule has 20 heavy (non-hydrogen) atoms. The molecule has 1 heterocycles. The average Bonchev–Trinajstić information content (AvgIpc) is 2.95. The standard InChI is InChI=1S/C16H19BrN2O/c17-14-5-3-4-13-12(14)6-9-18-15(13)19-10-16(11-20)7-1-2-8-16/h3-6,9,20H,1-2,7-8,10-11H2,(H,18,19). The quantitative estimate of drug-likeness (QED) is 0.889. The number of rotatable bonds is 4. The summed E-state index contributed by atoms with van der Waals surface area (Å²) in [5.74, 6) is 0.906. The number of hydrogen-bond acceptors (Lipinski definition) is 3. The van der Waals surface area contributed by atoms with Gasteiger partial charge in [0.25, 0.3) is 0 Å². The van der Waals surface area contributed by atoms with E-state index in [9.17, 15) is 5.11 Å². The first-order valence-electron chi connectivity index (χ1n) is 7.12. The van der Waals surface area contributed by atoms with Gasteiger partial charge >= 0.3 is 0 Å². The molecule has 0 aliphatic heterocycles. The third-order valence-corrected chi connectivity index (χ3v) is 5.07. The number of aromatic nitrogens is 1. The van der Waals surface area contributed by atoms with E-state index >= 15 is 0 Å². The highest BCUT2D eigenvalue weighted by Crippen LogP contribution is 2.38. The third-order valence-electron chi connectivity index (χ3n) is 4.38. The lowest BCUT2D eigenvalue weighted by Gasteiger charge is -2.27. The molecule has 1 aliphatic carbocycles. The van der Waals surface area contributed by atoms with E-state index in [1.807, 2.05) is 24.4 Å². The van der Waals surface area contributed by atoms with Gasteiger partial charge in [0, 0.05) is 33.4 Å². The van der Waals surface area contributed by atoms with Gasteiger partial charge in [-0.2, -0.15) is 0 Å². The number of halogens is 1. The van der Waals surface area contributed by atoms with Crippen LogP contribution in [0.3, 0.4) is 0 Å². The summed E-state index contributed by atoms with van der Waals surface area (Å²) in [4.78, 5) is 4.46. The van der Waals surface area contributed by atoms with E-state index in [-0.39, 0.29) is 12.0 Å². The number of nitrogens with one attached hydrogen (secondary N) is 1. The Balaban J connectivity index is 1.86. The molecule has 0 saturated heterocycles. The second-order valence-electron chi connectivity index (χ2n) is 5.71. The maximum atomic E-state index is 9.68. The van der Waals surface area contributed by atoms with Crippen LogP contribution >= 0.6 is 15.9 Å². The maximum Gasteiger partial charge on any atom is 0.133 e. The number of hydrogen-bond donors (Lipinski definition) is 2. The van der Waals surface area contributed by atoms with E-state index in [2.05, 4.69) is 32.3 Å². The van der Waals surface area contributed by atoms with E-state index in [1.165, 1.54) is 12.8 Å². The van der Waals surface area contributed by atoms with Crippen LogP contribution in [0.1, 0.15) is 25.7 Å². The average molecular weight is 335 g/mol. The van der Waals surface area contributed by atoms with Crippen LogP contribution in [0.25, 0.3) is 10.8 Å². The summed E-state index contributed by atoms with van der Waals surface area (Å²) >= 11 is 3.58. The van der Waals surface area contributed by atoms with Crippen molar-refractivity contribution in [3.05, 3.63) is 34.9 Å². The van der Waals surface area contributed by atoms with Crippen LogP contribution in [0.15, 0.2) is 34.9 Å². The van der Waals surface area contributed by atoms with Gasteiger partial charge in [-0.1, -0.05) is 40.9 Å². The van der Waals surface area contributed by atoms with Gasteiger partial charge in [-0.25, -0.2) is 4.98 Å². The molecule has 2 N–H and O–H groups in total. The Morgan fingerprint density at radius 3 is 2.75 bits per heavy atom. The molecule has 3 rings (SSSR count). The highest BCUT2D eigenvalue weighted by molar-refractivity contribution is 9.10. The fourth-order valence-corrected chi connectivity index (χ4v) is 3.60. The van der Waals surface area contributed by atoms with Gasteiger partial charge in [-0.15, -0.1) is 0 Å². The first-order valence-corrected chi connectivity index (χ1v) is 7.91. The molecule has 1 saturated carbocycles. The van der Waals surface area contributed by atoms with E-state index in [0.717, 1.165) is 40.4 Å². The molecule has 106 valence electrons. The largest absolute Gasteiger partial charge is 0.396 e. The van der Waals surface area contributed by atoms with Crippen molar-refractivity contribution in [1.82, 2.24) is 4.98 Å². The van der Waals surface area contributed by atoms with Crippen molar-refractivity contribution in [3.8, 4) is 0 Å². The van der Waals surface area contributed by atoms with Gasteiger partial charge in [0.2, 0.25) is 0 Å². The van der Waals surface area contributed by atoms with E-state index in [0.29, 0.717) is 0 Å². The van der Waals surface area contributed by atoms with Crippen LogP contribution in [0.2, 0.25) is 0 Å². The number of aliphatic hydroxyl groups excluding tert-OH is 1.